The molecule has 0 spiro atoms. The molecule has 1 heterocycles. The zero-order valence-corrected chi connectivity index (χ0v) is 16.0. The highest BCUT2D eigenvalue weighted by atomic mass is 16.6. The molecule has 1 aliphatic heterocycles. The van der Waals surface area contributed by atoms with E-state index < -0.39 is 0 Å². The Kier molecular flexibility index (Phi) is 5.93. The maximum atomic E-state index is 12.3. The zero-order valence-electron chi connectivity index (χ0n) is 16.0. The van der Waals surface area contributed by atoms with Crippen molar-refractivity contribution < 1.29 is 19.1 Å². The predicted octanol–water partition coefficient (Wildman–Crippen LogP) is 3.09. The van der Waals surface area contributed by atoms with E-state index in [2.05, 4.69) is 25.9 Å². The third-order valence-electron chi connectivity index (χ3n) is 4.03. The SMILES string of the molecule is COc1ccc(C2=NOC(CN(C)C(=O)CC(C)(C)C)C2)cc1OC. The Hall–Kier alpha value is -2.24. The van der Waals surface area contributed by atoms with Gasteiger partial charge in [-0.15, -0.1) is 0 Å². The fraction of sp³-hybridized carbons (Fsp3) is 0.579. The Morgan fingerprint density at radius 1 is 1.28 bits per heavy atom. The summed E-state index contributed by atoms with van der Waals surface area (Å²) in [6, 6.07) is 5.67. The monoisotopic (exact) mass is 348 g/mol. The molecule has 0 N–H and O–H groups in total. The largest absolute Gasteiger partial charge is 0.493 e. The van der Waals surface area contributed by atoms with Gasteiger partial charge in [-0.2, -0.15) is 0 Å². The molecule has 138 valence electrons. The number of nitrogens with zero attached hydrogens (tertiary/aromatic N) is 2. The molecule has 0 aliphatic carbocycles. The summed E-state index contributed by atoms with van der Waals surface area (Å²) >= 11 is 0. The average Bonchev–Trinajstić information content (AvgIpc) is 3.01. The summed E-state index contributed by atoms with van der Waals surface area (Å²) in [7, 11) is 5.02. The minimum atomic E-state index is -0.128. The predicted molar refractivity (Wildman–Crippen MR) is 97.3 cm³/mol. The molecule has 0 radical (unpaired) electrons. The first kappa shape index (κ1) is 19.1. The first-order chi connectivity index (χ1) is 11.7. The van der Waals surface area contributed by atoms with Gasteiger partial charge in [-0.3, -0.25) is 4.79 Å². The van der Waals surface area contributed by atoms with Crippen LogP contribution in [0.2, 0.25) is 0 Å². The van der Waals surface area contributed by atoms with Crippen LogP contribution in [-0.4, -0.2) is 50.4 Å². The zero-order chi connectivity index (χ0) is 18.6. The Morgan fingerprint density at radius 3 is 2.56 bits per heavy atom. The normalized spacial score (nSPS) is 16.9. The van der Waals surface area contributed by atoms with Crippen LogP contribution in [0, 0.1) is 5.41 Å². The maximum absolute atomic E-state index is 12.3. The lowest BCUT2D eigenvalue weighted by molar-refractivity contribution is -0.133. The number of ether oxygens (including phenoxy) is 2. The van der Waals surface area contributed by atoms with E-state index in [0.29, 0.717) is 30.9 Å². The lowest BCUT2D eigenvalue weighted by atomic mass is 9.91. The van der Waals surface area contributed by atoms with E-state index in [1.54, 1.807) is 19.1 Å². The van der Waals surface area contributed by atoms with Gasteiger partial charge in [0.25, 0.3) is 0 Å². The Bertz CT molecular complexity index is 649. The summed E-state index contributed by atoms with van der Waals surface area (Å²) in [6.07, 6.45) is 1.04. The number of carbonyl (C=O) groups excluding carboxylic acids is 1. The topological polar surface area (TPSA) is 60.4 Å². The lowest BCUT2D eigenvalue weighted by Gasteiger charge is -2.24. The second kappa shape index (κ2) is 7.76. The molecule has 0 aromatic heterocycles. The number of likely N-dealkylation sites (N-methyl/N-ethyl adjacent to an activating group) is 1. The molecule has 0 bridgehead atoms. The fourth-order valence-corrected chi connectivity index (χ4v) is 2.71. The molecule has 2 rings (SSSR count). The van der Waals surface area contributed by atoms with Crippen molar-refractivity contribution in [3.05, 3.63) is 23.8 Å². The average molecular weight is 348 g/mol. The molecule has 0 saturated carbocycles. The van der Waals surface area contributed by atoms with Gasteiger partial charge in [0, 0.05) is 25.5 Å². The van der Waals surface area contributed by atoms with Crippen LogP contribution in [0.4, 0.5) is 0 Å². The molecule has 6 nitrogen and oxygen atoms in total. The van der Waals surface area contributed by atoms with Crippen LogP contribution in [0.25, 0.3) is 0 Å². The lowest BCUT2D eigenvalue weighted by Crippen LogP contribution is -2.36. The highest BCUT2D eigenvalue weighted by Gasteiger charge is 2.27. The van der Waals surface area contributed by atoms with Gasteiger partial charge < -0.3 is 19.2 Å². The molecule has 1 aliphatic rings. The van der Waals surface area contributed by atoms with Crippen LogP contribution in [0.5, 0.6) is 11.5 Å². The second-order valence-corrected chi connectivity index (χ2v) is 7.55. The van der Waals surface area contributed by atoms with Crippen molar-refractivity contribution in [2.24, 2.45) is 10.6 Å². The van der Waals surface area contributed by atoms with E-state index in [-0.39, 0.29) is 17.4 Å². The molecule has 0 fully saturated rings. The van der Waals surface area contributed by atoms with Gasteiger partial charge >= 0.3 is 0 Å². The summed E-state index contributed by atoms with van der Waals surface area (Å²) in [5, 5.41) is 4.19. The Labute approximate surface area is 149 Å². The number of hydrogen-bond acceptors (Lipinski definition) is 5. The Balaban J connectivity index is 1.96. The van der Waals surface area contributed by atoms with Gasteiger partial charge in [0.2, 0.25) is 5.91 Å². The second-order valence-electron chi connectivity index (χ2n) is 7.55. The summed E-state index contributed by atoms with van der Waals surface area (Å²) in [6.45, 7) is 6.70. The molecular formula is C19H28N2O4. The van der Waals surface area contributed by atoms with Gasteiger partial charge in [-0.25, -0.2) is 0 Å². The summed E-state index contributed by atoms with van der Waals surface area (Å²) in [5.74, 6) is 1.45. The van der Waals surface area contributed by atoms with Crippen molar-refractivity contribution in [1.29, 1.82) is 0 Å². The van der Waals surface area contributed by atoms with E-state index >= 15 is 0 Å². The molecule has 1 aromatic rings. The van der Waals surface area contributed by atoms with Crippen LogP contribution in [0.3, 0.4) is 0 Å². The standard InChI is InChI=1S/C19H28N2O4/c1-19(2,3)11-18(22)21(4)12-14-10-15(20-25-14)13-7-8-16(23-5)17(9-13)24-6/h7-9,14H,10-12H2,1-6H3. The molecule has 1 amide bonds. The van der Waals surface area contributed by atoms with E-state index in [9.17, 15) is 4.79 Å². The highest BCUT2D eigenvalue weighted by Crippen LogP contribution is 2.29. The van der Waals surface area contributed by atoms with Crippen molar-refractivity contribution >= 4 is 11.6 Å². The minimum absolute atomic E-state index is 0.0246. The van der Waals surface area contributed by atoms with Crippen molar-refractivity contribution in [3.8, 4) is 11.5 Å². The van der Waals surface area contributed by atoms with Crippen molar-refractivity contribution in [2.45, 2.75) is 39.7 Å². The molecule has 0 saturated heterocycles. The van der Waals surface area contributed by atoms with E-state index in [1.165, 1.54) is 0 Å². The number of amides is 1. The van der Waals surface area contributed by atoms with Crippen molar-refractivity contribution in [3.63, 3.8) is 0 Å². The number of benzene rings is 1. The number of carbonyl (C=O) groups is 1. The number of methoxy groups -OCH3 is 2. The minimum Gasteiger partial charge on any atom is -0.493 e. The van der Waals surface area contributed by atoms with Crippen LogP contribution in [-0.2, 0) is 9.63 Å². The van der Waals surface area contributed by atoms with Crippen LogP contribution < -0.4 is 9.47 Å². The van der Waals surface area contributed by atoms with Crippen LogP contribution in [0.15, 0.2) is 23.4 Å². The quantitative estimate of drug-likeness (QED) is 0.793. The summed E-state index contributed by atoms with van der Waals surface area (Å²) in [4.78, 5) is 19.5. The van der Waals surface area contributed by atoms with Gasteiger partial charge in [0.15, 0.2) is 17.6 Å². The molecule has 25 heavy (non-hydrogen) atoms. The first-order valence-electron chi connectivity index (χ1n) is 8.42. The smallest absolute Gasteiger partial charge is 0.222 e. The van der Waals surface area contributed by atoms with Gasteiger partial charge in [-0.1, -0.05) is 25.9 Å². The maximum Gasteiger partial charge on any atom is 0.222 e. The van der Waals surface area contributed by atoms with Crippen molar-refractivity contribution in [1.82, 2.24) is 4.90 Å². The van der Waals surface area contributed by atoms with Crippen molar-refractivity contribution in [2.75, 3.05) is 27.8 Å². The number of hydrogen-bond donors (Lipinski definition) is 0. The van der Waals surface area contributed by atoms with Crippen LogP contribution >= 0.6 is 0 Å². The first-order valence-corrected chi connectivity index (χ1v) is 8.42. The van der Waals surface area contributed by atoms with E-state index in [0.717, 1.165) is 11.3 Å². The Morgan fingerprint density at radius 2 is 1.96 bits per heavy atom. The molecule has 1 atom stereocenters. The van der Waals surface area contributed by atoms with Gasteiger partial charge in [-0.05, 0) is 23.6 Å². The molecular weight excluding hydrogens is 320 g/mol. The number of rotatable bonds is 6. The van der Waals surface area contributed by atoms with E-state index in [4.69, 9.17) is 14.3 Å². The van der Waals surface area contributed by atoms with Gasteiger partial charge in [0.1, 0.15) is 0 Å². The van der Waals surface area contributed by atoms with Gasteiger partial charge in [0.05, 0.1) is 26.5 Å². The van der Waals surface area contributed by atoms with Crippen LogP contribution in [0.1, 0.15) is 39.2 Å². The molecule has 6 heteroatoms. The summed E-state index contributed by atoms with van der Waals surface area (Å²) < 4.78 is 10.6. The highest BCUT2D eigenvalue weighted by molar-refractivity contribution is 6.01. The molecule has 1 unspecified atom stereocenters. The van der Waals surface area contributed by atoms with E-state index in [1.807, 2.05) is 25.2 Å². The fourth-order valence-electron chi connectivity index (χ4n) is 2.71. The molecule has 1 aromatic carbocycles. The number of oxime groups is 1. The summed E-state index contributed by atoms with van der Waals surface area (Å²) in [5.41, 5.74) is 1.76. The third-order valence-corrected chi connectivity index (χ3v) is 4.03. The third kappa shape index (κ3) is 5.11.